The number of carbonyl (C=O) groups is 1. The molecule has 0 spiro atoms. The van der Waals surface area contributed by atoms with Gasteiger partial charge in [0, 0.05) is 22.1 Å². The molecule has 1 aromatic carbocycles. The lowest BCUT2D eigenvalue weighted by molar-refractivity contribution is -0.138. The fourth-order valence-corrected chi connectivity index (χ4v) is 2.77. The van der Waals surface area contributed by atoms with Crippen LogP contribution in [0.5, 0.6) is 0 Å². The van der Waals surface area contributed by atoms with Crippen LogP contribution in [0.1, 0.15) is 25.3 Å². The van der Waals surface area contributed by atoms with E-state index < -0.39 is 5.97 Å². The Labute approximate surface area is 136 Å². The Balaban J connectivity index is 2.30. The highest BCUT2D eigenvalue weighted by Gasteiger charge is 2.18. The maximum absolute atomic E-state index is 10.9. The number of halogens is 1. The Morgan fingerprint density at radius 3 is 2.90 bits per heavy atom. The van der Waals surface area contributed by atoms with Crippen LogP contribution in [0.25, 0.3) is 11.4 Å². The Morgan fingerprint density at radius 2 is 2.24 bits per heavy atom. The summed E-state index contributed by atoms with van der Waals surface area (Å²) in [5.74, 6) is -0.0826. The van der Waals surface area contributed by atoms with Crippen molar-refractivity contribution in [2.24, 2.45) is 5.92 Å². The fourth-order valence-electron chi connectivity index (χ4n) is 2.17. The summed E-state index contributed by atoms with van der Waals surface area (Å²) >= 11 is 2.28. The van der Waals surface area contributed by atoms with Gasteiger partial charge in [0.1, 0.15) is 0 Å². The molecule has 0 saturated carbocycles. The van der Waals surface area contributed by atoms with E-state index in [4.69, 9.17) is 5.11 Å². The molecule has 0 fully saturated rings. The van der Waals surface area contributed by atoms with Crippen molar-refractivity contribution in [2.45, 2.75) is 33.2 Å². The van der Waals surface area contributed by atoms with Crippen LogP contribution in [-0.4, -0.2) is 31.3 Å². The van der Waals surface area contributed by atoms with Crippen molar-refractivity contribution in [1.82, 2.24) is 20.2 Å². The number of aromatic nitrogens is 4. The lowest BCUT2D eigenvalue weighted by atomic mass is 10.0. The van der Waals surface area contributed by atoms with Crippen LogP contribution in [0.3, 0.4) is 0 Å². The van der Waals surface area contributed by atoms with Crippen LogP contribution >= 0.6 is 22.6 Å². The molecular weight excluding hydrogens is 383 g/mol. The molecule has 1 unspecified atom stereocenters. The third-order valence-electron chi connectivity index (χ3n) is 3.44. The van der Waals surface area contributed by atoms with Crippen molar-refractivity contribution in [3.63, 3.8) is 0 Å². The molecule has 0 aliphatic rings. The third kappa shape index (κ3) is 3.78. The topological polar surface area (TPSA) is 80.9 Å². The standard InChI is InChI=1S/C14H17IN4O2/c1-3-10(7-12(20)21)8-19-14(16-17-18-19)11-6-4-5-9(2)13(11)15/h4-6,10H,3,7-8H2,1-2H3,(H,20,21). The molecule has 6 nitrogen and oxygen atoms in total. The number of aliphatic carboxylic acids is 1. The van der Waals surface area contributed by atoms with Gasteiger partial charge >= 0.3 is 5.97 Å². The second-order valence-corrected chi connectivity index (χ2v) is 6.07. The molecule has 21 heavy (non-hydrogen) atoms. The molecule has 1 aromatic heterocycles. The van der Waals surface area contributed by atoms with Gasteiger partial charge < -0.3 is 5.11 Å². The lowest BCUT2D eigenvalue weighted by Crippen LogP contribution is -2.16. The maximum atomic E-state index is 10.9. The van der Waals surface area contributed by atoms with Gasteiger partial charge in [-0.2, -0.15) is 0 Å². The molecule has 0 radical (unpaired) electrons. The molecular formula is C14H17IN4O2. The van der Waals surface area contributed by atoms with Crippen LogP contribution in [0.15, 0.2) is 18.2 Å². The zero-order valence-electron chi connectivity index (χ0n) is 12.0. The number of nitrogens with zero attached hydrogens (tertiary/aromatic N) is 4. The third-order valence-corrected chi connectivity index (χ3v) is 4.87. The van der Waals surface area contributed by atoms with Gasteiger partial charge in [-0.25, -0.2) is 4.68 Å². The monoisotopic (exact) mass is 400 g/mol. The van der Waals surface area contributed by atoms with Crippen LogP contribution in [-0.2, 0) is 11.3 Å². The first-order chi connectivity index (χ1) is 10.0. The molecule has 0 aliphatic heterocycles. The van der Waals surface area contributed by atoms with Gasteiger partial charge in [-0.3, -0.25) is 4.79 Å². The second-order valence-electron chi connectivity index (χ2n) is 4.99. The Hall–Kier alpha value is -1.51. The molecule has 7 heteroatoms. The summed E-state index contributed by atoms with van der Waals surface area (Å²) in [7, 11) is 0. The van der Waals surface area contributed by atoms with Gasteiger partial charge in [0.2, 0.25) is 0 Å². The van der Waals surface area contributed by atoms with Gasteiger partial charge in [0.25, 0.3) is 0 Å². The van der Waals surface area contributed by atoms with E-state index in [2.05, 4.69) is 38.1 Å². The van der Waals surface area contributed by atoms with Gasteiger partial charge in [-0.05, 0) is 51.4 Å². The van der Waals surface area contributed by atoms with Crippen molar-refractivity contribution in [2.75, 3.05) is 0 Å². The number of aryl methyl sites for hydroxylation is 1. The van der Waals surface area contributed by atoms with Crippen LogP contribution < -0.4 is 0 Å². The van der Waals surface area contributed by atoms with E-state index >= 15 is 0 Å². The molecule has 2 rings (SSSR count). The molecule has 2 aromatic rings. The summed E-state index contributed by atoms with van der Waals surface area (Å²) in [4.78, 5) is 10.9. The van der Waals surface area contributed by atoms with Crippen molar-refractivity contribution in [3.05, 3.63) is 27.3 Å². The van der Waals surface area contributed by atoms with E-state index in [1.807, 2.05) is 32.0 Å². The van der Waals surface area contributed by atoms with E-state index in [0.29, 0.717) is 12.4 Å². The van der Waals surface area contributed by atoms with E-state index in [1.54, 1.807) is 4.68 Å². The largest absolute Gasteiger partial charge is 0.481 e. The SMILES string of the molecule is CCC(CC(=O)O)Cn1nnnc1-c1cccc(C)c1I. The highest BCUT2D eigenvalue weighted by Crippen LogP contribution is 2.26. The number of hydrogen-bond acceptors (Lipinski definition) is 4. The van der Waals surface area contributed by atoms with Crippen LogP contribution in [0, 0.1) is 16.4 Å². The first kappa shape index (κ1) is 15.9. The van der Waals surface area contributed by atoms with Gasteiger partial charge in [-0.1, -0.05) is 31.5 Å². The summed E-state index contributed by atoms with van der Waals surface area (Å²) in [6.45, 7) is 4.53. The number of tetrazole rings is 1. The summed E-state index contributed by atoms with van der Waals surface area (Å²) in [5, 5.41) is 20.8. The first-order valence-electron chi connectivity index (χ1n) is 6.76. The minimum absolute atomic E-state index is 0.0206. The van der Waals surface area contributed by atoms with Crippen molar-refractivity contribution in [1.29, 1.82) is 0 Å². The van der Waals surface area contributed by atoms with E-state index in [0.717, 1.165) is 15.6 Å². The van der Waals surface area contributed by atoms with E-state index in [-0.39, 0.29) is 12.3 Å². The predicted molar refractivity (Wildman–Crippen MR) is 86.7 cm³/mol. The van der Waals surface area contributed by atoms with Gasteiger partial charge in [0.15, 0.2) is 5.82 Å². The minimum atomic E-state index is -0.790. The zero-order chi connectivity index (χ0) is 15.4. The molecule has 0 saturated heterocycles. The maximum Gasteiger partial charge on any atom is 0.303 e. The second kappa shape index (κ2) is 6.97. The molecule has 112 valence electrons. The lowest BCUT2D eigenvalue weighted by Gasteiger charge is -2.14. The van der Waals surface area contributed by atoms with Crippen molar-refractivity contribution in [3.8, 4) is 11.4 Å². The summed E-state index contributed by atoms with van der Waals surface area (Å²) in [6.07, 6.45) is 0.900. The molecule has 0 amide bonds. The summed E-state index contributed by atoms with van der Waals surface area (Å²) < 4.78 is 2.81. The van der Waals surface area contributed by atoms with E-state index in [1.165, 1.54) is 5.56 Å². The van der Waals surface area contributed by atoms with Gasteiger partial charge in [-0.15, -0.1) is 5.10 Å². The Kier molecular flexibility index (Phi) is 5.27. The first-order valence-corrected chi connectivity index (χ1v) is 7.84. The smallest absolute Gasteiger partial charge is 0.303 e. The number of benzene rings is 1. The summed E-state index contributed by atoms with van der Waals surface area (Å²) in [6, 6.07) is 5.99. The highest BCUT2D eigenvalue weighted by atomic mass is 127. The number of hydrogen-bond donors (Lipinski definition) is 1. The number of rotatable bonds is 6. The molecule has 1 N–H and O–H groups in total. The number of carboxylic acids is 1. The quantitative estimate of drug-likeness (QED) is 0.755. The Morgan fingerprint density at radius 1 is 1.48 bits per heavy atom. The minimum Gasteiger partial charge on any atom is -0.481 e. The molecule has 1 heterocycles. The zero-order valence-corrected chi connectivity index (χ0v) is 14.1. The highest BCUT2D eigenvalue weighted by molar-refractivity contribution is 14.1. The van der Waals surface area contributed by atoms with Gasteiger partial charge in [0.05, 0.1) is 0 Å². The fraction of sp³-hybridized carbons (Fsp3) is 0.429. The summed E-state index contributed by atoms with van der Waals surface area (Å²) in [5.41, 5.74) is 2.14. The average Bonchev–Trinajstić information content (AvgIpc) is 2.88. The Bertz CT molecular complexity index is 642. The molecule has 1 atom stereocenters. The normalized spacial score (nSPS) is 12.3. The number of carboxylic acid groups (broad SMARTS) is 1. The molecule has 0 bridgehead atoms. The van der Waals surface area contributed by atoms with Crippen molar-refractivity contribution >= 4 is 28.6 Å². The predicted octanol–water partition coefficient (Wildman–Crippen LogP) is 2.75. The average molecular weight is 400 g/mol. The van der Waals surface area contributed by atoms with Crippen LogP contribution in [0.4, 0.5) is 0 Å². The van der Waals surface area contributed by atoms with Crippen LogP contribution in [0.2, 0.25) is 0 Å². The van der Waals surface area contributed by atoms with Crippen molar-refractivity contribution < 1.29 is 9.90 Å². The van der Waals surface area contributed by atoms with E-state index in [9.17, 15) is 4.79 Å². The molecule has 0 aliphatic carbocycles.